The molecule has 2 heterocycles. The molecule has 7 heteroatoms. The summed E-state index contributed by atoms with van der Waals surface area (Å²) in [5.74, 6) is 0. The van der Waals surface area contributed by atoms with E-state index in [9.17, 15) is 8.42 Å². The van der Waals surface area contributed by atoms with E-state index in [4.69, 9.17) is 0 Å². The molecule has 2 rings (SSSR count). The lowest BCUT2D eigenvalue weighted by Crippen LogP contribution is -2.23. The Bertz CT molecular complexity index is 637. The first-order valence-corrected chi connectivity index (χ1v) is 7.87. The molecule has 0 fully saturated rings. The van der Waals surface area contributed by atoms with Crippen LogP contribution in [0.4, 0.5) is 0 Å². The van der Waals surface area contributed by atoms with Gasteiger partial charge in [-0.1, -0.05) is 13.0 Å². The number of rotatable bonds is 7. The molecule has 0 aliphatic rings. The zero-order chi connectivity index (χ0) is 14.4. The highest BCUT2D eigenvalue weighted by Crippen LogP contribution is 2.11. The molecule has 0 saturated heterocycles. The summed E-state index contributed by atoms with van der Waals surface area (Å²) in [6.45, 7) is 3.62. The third kappa shape index (κ3) is 3.89. The molecular formula is C13H18N4O2S. The molecule has 0 aliphatic carbocycles. The summed E-state index contributed by atoms with van der Waals surface area (Å²) in [5.41, 5.74) is 1.52. The van der Waals surface area contributed by atoms with Crippen molar-refractivity contribution in [2.75, 3.05) is 6.54 Å². The molecule has 0 bridgehead atoms. The van der Waals surface area contributed by atoms with Crippen LogP contribution < -0.4 is 10.0 Å². The molecule has 2 aromatic rings. The van der Waals surface area contributed by atoms with Gasteiger partial charge in [0.15, 0.2) is 0 Å². The summed E-state index contributed by atoms with van der Waals surface area (Å²) < 4.78 is 26.8. The number of aromatic amines is 1. The van der Waals surface area contributed by atoms with Gasteiger partial charge in [-0.3, -0.25) is 4.98 Å². The van der Waals surface area contributed by atoms with Gasteiger partial charge in [-0.05, 0) is 24.7 Å². The smallest absolute Gasteiger partial charge is 0.242 e. The highest BCUT2D eigenvalue weighted by atomic mass is 32.2. The topological polar surface area (TPSA) is 86.9 Å². The number of hydrogen-bond donors (Lipinski definition) is 3. The van der Waals surface area contributed by atoms with Crippen LogP contribution in [-0.4, -0.2) is 24.9 Å². The number of sulfonamides is 1. The fourth-order valence-electron chi connectivity index (χ4n) is 1.69. The summed E-state index contributed by atoms with van der Waals surface area (Å²) in [6.07, 6.45) is 3.13. The van der Waals surface area contributed by atoms with Crippen LogP contribution >= 0.6 is 0 Å². The van der Waals surface area contributed by atoms with Crippen molar-refractivity contribution in [2.24, 2.45) is 0 Å². The number of pyridine rings is 1. The Kier molecular flexibility index (Phi) is 4.89. The lowest BCUT2D eigenvalue weighted by molar-refractivity contribution is 0.580. The Balaban J connectivity index is 2.01. The van der Waals surface area contributed by atoms with Crippen LogP contribution in [0.5, 0.6) is 0 Å². The Labute approximate surface area is 118 Å². The van der Waals surface area contributed by atoms with Crippen molar-refractivity contribution in [3.05, 3.63) is 48.0 Å². The Hall–Kier alpha value is -1.70. The summed E-state index contributed by atoms with van der Waals surface area (Å²) >= 11 is 0. The van der Waals surface area contributed by atoms with Crippen LogP contribution in [0, 0.1) is 0 Å². The van der Waals surface area contributed by atoms with Crippen LogP contribution in [0.3, 0.4) is 0 Å². The number of aromatic nitrogens is 2. The van der Waals surface area contributed by atoms with Crippen molar-refractivity contribution in [1.29, 1.82) is 0 Å². The fourth-order valence-corrected chi connectivity index (χ4v) is 2.71. The SMILES string of the molecule is CCNCc1cc(S(=O)(=O)NCc2ccccn2)c[nH]1. The molecule has 0 amide bonds. The maximum atomic E-state index is 12.1. The summed E-state index contributed by atoms with van der Waals surface area (Å²) in [5, 5.41) is 3.13. The molecule has 6 nitrogen and oxygen atoms in total. The first-order valence-electron chi connectivity index (χ1n) is 6.39. The highest BCUT2D eigenvalue weighted by Gasteiger charge is 2.15. The molecule has 3 N–H and O–H groups in total. The molecule has 0 radical (unpaired) electrons. The number of nitrogens with zero attached hydrogens (tertiary/aromatic N) is 1. The average molecular weight is 294 g/mol. The quantitative estimate of drug-likeness (QED) is 0.711. The second-order valence-corrected chi connectivity index (χ2v) is 6.05. The molecular weight excluding hydrogens is 276 g/mol. The normalized spacial score (nSPS) is 11.7. The van der Waals surface area contributed by atoms with Crippen molar-refractivity contribution in [2.45, 2.75) is 24.9 Å². The van der Waals surface area contributed by atoms with Gasteiger partial charge in [-0.15, -0.1) is 0 Å². The van der Waals surface area contributed by atoms with Gasteiger partial charge in [0.1, 0.15) is 0 Å². The van der Waals surface area contributed by atoms with E-state index in [1.54, 1.807) is 24.4 Å². The van der Waals surface area contributed by atoms with E-state index in [1.165, 1.54) is 6.20 Å². The van der Waals surface area contributed by atoms with E-state index in [0.29, 0.717) is 12.2 Å². The molecule has 20 heavy (non-hydrogen) atoms. The predicted molar refractivity (Wildman–Crippen MR) is 76.4 cm³/mol. The minimum absolute atomic E-state index is 0.177. The monoisotopic (exact) mass is 294 g/mol. The van der Waals surface area contributed by atoms with Gasteiger partial charge in [-0.25, -0.2) is 13.1 Å². The van der Waals surface area contributed by atoms with Crippen LogP contribution in [0.25, 0.3) is 0 Å². The Morgan fingerprint density at radius 1 is 1.30 bits per heavy atom. The van der Waals surface area contributed by atoms with Gasteiger partial charge in [0.25, 0.3) is 0 Å². The lowest BCUT2D eigenvalue weighted by Gasteiger charge is -2.04. The third-order valence-corrected chi connectivity index (χ3v) is 4.14. The third-order valence-electron chi connectivity index (χ3n) is 2.76. The van der Waals surface area contributed by atoms with Crippen LogP contribution in [0.1, 0.15) is 18.3 Å². The molecule has 0 spiro atoms. The largest absolute Gasteiger partial charge is 0.363 e. The molecule has 0 aliphatic heterocycles. The van der Waals surface area contributed by atoms with Crippen molar-refractivity contribution in [1.82, 2.24) is 20.0 Å². The molecule has 2 aromatic heterocycles. The van der Waals surface area contributed by atoms with E-state index < -0.39 is 10.0 Å². The van der Waals surface area contributed by atoms with E-state index >= 15 is 0 Å². The minimum atomic E-state index is -3.51. The second kappa shape index (κ2) is 6.65. The first-order chi connectivity index (χ1) is 9.62. The number of hydrogen-bond acceptors (Lipinski definition) is 4. The van der Waals surface area contributed by atoms with Crippen LogP contribution in [-0.2, 0) is 23.1 Å². The predicted octanol–water partition coefficient (Wildman–Crippen LogP) is 0.998. The van der Waals surface area contributed by atoms with Gasteiger partial charge in [0, 0.05) is 24.6 Å². The minimum Gasteiger partial charge on any atom is -0.363 e. The average Bonchev–Trinajstić information content (AvgIpc) is 2.94. The molecule has 0 unspecified atom stereocenters. The maximum absolute atomic E-state index is 12.1. The summed E-state index contributed by atoms with van der Waals surface area (Å²) in [4.78, 5) is 7.26. The van der Waals surface area contributed by atoms with E-state index in [2.05, 4.69) is 20.0 Å². The van der Waals surface area contributed by atoms with E-state index in [-0.39, 0.29) is 11.4 Å². The molecule has 0 atom stereocenters. The lowest BCUT2D eigenvalue weighted by atomic mass is 10.4. The standard InChI is InChI=1S/C13H18N4O2S/c1-2-14-8-12-7-13(10-16-12)20(18,19)17-9-11-5-3-4-6-15-11/h3-7,10,14,16-17H,2,8-9H2,1H3. The van der Waals surface area contributed by atoms with E-state index in [1.807, 2.05) is 13.0 Å². The number of nitrogens with one attached hydrogen (secondary N) is 3. The zero-order valence-electron chi connectivity index (χ0n) is 11.3. The van der Waals surface area contributed by atoms with Crippen molar-refractivity contribution >= 4 is 10.0 Å². The van der Waals surface area contributed by atoms with Gasteiger partial charge in [0.2, 0.25) is 10.0 Å². The molecule has 108 valence electrons. The first kappa shape index (κ1) is 14.7. The van der Waals surface area contributed by atoms with Crippen molar-refractivity contribution < 1.29 is 8.42 Å². The molecule has 0 aromatic carbocycles. The van der Waals surface area contributed by atoms with Crippen molar-refractivity contribution in [3.63, 3.8) is 0 Å². The van der Waals surface area contributed by atoms with E-state index in [0.717, 1.165) is 12.2 Å². The van der Waals surface area contributed by atoms with Crippen molar-refractivity contribution in [3.8, 4) is 0 Å². The van der Waals surface area contributed by atoms with Gasteiger partial charge < -0.3 is 10.3 Å². The van der Waals surface area contributed by atoms with Gasteiger partial charge in [0.05, 0.1) is 17.1 Å². The summed E-state index contributed by atoms with van der Waals surface area (Å²) in [6, 6.07) is 7.01. The maximum Gasteiger partial charge on any atom is 0.242 e. The number of H-pyrrole nitrogens is 1. The highest BCUT2D eigenvalue weighted by molar-refractivity contribution is 7.89. The Morgan fingerprint density at radius 2 is 2.15 bits per heavy atom. The van der Waals surface area contributed by atoms with Gasteiger partial charge >= 0.3 is 0 Å². The van der Waals surface area contributed by atoms with Gasteiger partial charge in [-0.2, -0.15) is 0 Å². The summed E-state index contributed by atoms with van der Waals surface area (Å²) in [7, 11) is -3.51. The van der Waals surface area contributed by atoms with Crippen LogP contribution in [0.2, 0.25) is 0 Å². The molecule has 0 saturated carbocycles. The second-order valence-electron chi connectivity index (χ2n) is 4.29. The van der Waals surface area contributed by atoms with Crippen LogP contribution in [0.15, 0.2) is 41.6 Å². The Morgan fingerprint density at radius 3 is 2.85 bits per heavy atom. The fraction of sp³-hybridized carbons (Fsp3) is 0.308. The zero-order valence-corrected chi connectivity index (χ0v) is 12.1.